The quantitative estimate of drug-likeness (QED) is 0.226. The number of hydrogen-bond acceptors (Lipinski definition) is 5. The molecule has 7 heteroatoms. The minimum atomic E-state index is -0.0389. The summed E-state index contributed by atoms with van der Waals surface area (Å²) in [5, 5.41) is 4.34. The molecule has 1 aliphatic carbocycles. The highest BCUT2D eigenvalue weighted by atomic mass is 32.2. The van der Waals surface area contributed by atoms with E-state index in [4.69, 9.17) is 4.98 Å². The number of benzene rings is 1. The van der Waals surface area contributed by atoms with E-state index in [1.165, 1.54) is 34.2 Å². The number of aromatic nitrogens is 2. The van der Waals surface area contributed by atoms with E-state index in [9.17, 15) is 9.59 Å². The van der Waals surface area contributed by atoms with Crippen LogP contribution in [-0.4, -0.2) is 27.8 Å². The van der Waals surface area contributed by atoms with E-state index in [0.29, 0.717) is 18.2 Å². The number of amides is 1. The van der Waals surface area contributed by atoms with Gasteiger partial charge < -0.3 is 5.32 Å². The summed E-state index contributed by atoms with van der Waals surface area (Å²) in [6.45, 7) is 4.82. The first-order chi connectivity index (χ1) is 15.2. The highest BCUT2D eigenvalue weighted by molar-refractivity contribution is 7.99. The lowest BCUT2D eigenvalue weighted by Crippen LogP contribution is -2.28. The highest BCUT2D eigenvalue weighted by Gasteiger charge is 2.22. The lowest BCUT2D eigenvalue weighted by atomic mass is 9.97. The maximum Gasteiger partial charge on any atom is 0.263 e. The van der Waals surface area contributed by atoms with Gasteiger partial charge in [-0.3, -0.25) is 14.2 Å². The van der Waals surface area contributed by atoms with Gasteiger partial charge in [0.15, 0.2) is 5.16 Å². The molecule has 0 unspecified atom stereocenters. The van der Waals surface area contributed by atoms with Gasteiger partial charge in [-0.1, -0.05) is 48.2 Å². The number of fused-ring (bicyclic) bond motifs is 3. The topological polar surface area (TPSA) is 64.0 Å². The fourth-order valence-corrected chi connectivity index (χ4v) is 6.11. The zero-order valence-electron chi connectivity index (χ0n) is 17.6. The van der Waals surface area contributed by atoms with Gasteiger partial charge in [0, 0.05) is 18.0 Å². The molecule has 0 atom stereocenters. The van der Waals surface area contributed by atoms with Gasteiger partial charge in [-0.05, 0) is 49.7 Å². The molecule has 4 rings (SSSR count). The molecule has 0 bridgehead atoms. The van der Waals surface area contributed by atoms with Gasteiger partial charge in [0.1, 0.15) is 4.83 Å². The van der Waals surface area contributed by atoms with Gasteiger partial charge in [-0.15, -0.1) is 17.9 Å². The molecule has 162 valence electrons. The Kier molecular flexibility index (Phi) is 7.25. The molecule has 5 nitrogen and oxygen atoms in total. The molecule has 31 heavy (non-hydrogen) atoms. The average Bonchev–Trinajstić information content (AvgIpc) is 3.17. The molecule has 0 fully saturated rings. The van der Waals surface area contributed by atoms with Crippen LogP contribution in [0.2, 0.25) is 0 Å². The Bertz CT molecular complexity index is 1140. The van der Waals surface area contributed by atoms with Crippen molar-refractivity contribution in [3.05, 3.63) is 69.3 Å². The van der Waals surface area contributed by atoms with Gasteiger partial charge in [0.2, 0.25) is 5.91 Å². The van der Waals surface area contributed by atoms with Crippen LogP contribution < -0.4 is 10.9 Å². The van der Waals surface area contributed by atoms with Crippen molar-refractivity contribution in [3.8, 4) is 0 Å². The second kappa shape index (κ2) is 10.3. The van der Waals surface area contributed by atoms with Crippen LogP contribution in [0.5, 0.6) is 0 Å². The van der Waals surface area contributed by atoms with E-state index < -0.39 is 0 Å². The summed E-state index contributed by atoms with van der Waals surface area (Å²) < 4.78 is 1.66. The van der Waals surface area contributed by atoms with Crippen molar-refractivity contribution in [2.24, 2.45) is 0 Å². The minimum absolute atomic E-state index is 0.00457. The highest BCUT2D eigenvalue weighted by Crippen LogP contribution is 2.34. The van der Waals surface area contributed by atoms with Gasteiger partial charge in [0.05, 0.1) is 11.1 Å². The maximum absolute atomic E-state index is 13.2. The molecular formula is C24H27N3O2S2. The summed E-state index contributed by atoms with van der Waals surface area (Å²) >= 11 is 2.96. The molecule has 2 heterocycles. The van der Waals surface area contributed by atoms with E-state index in [0.717, 1.165) is 42.3 Å². The molecule has 0 saturated carbocycles. The number of nitrogens with one attached hydrogen (secondary N) is 1. The maximum atomic E-state index is 13.2. The average molecular weight is 454 g/mol. The number of rotatable bonds is 9. The molecule has 1 aromatic carbocycles. The van der Waals surface area contributed by atoms with E-state index >= 15 is 0 Å². The Hall–Kier alpha value is -2.38. The summed E-state index contributed by atoms with van der Waals surface area (Å²) in [5.74, 6) is 0.203. The molecule has 0 saturated heterocycles. The third kappa shape index (κ3) is 5.10. The first-order valence-corrected chi connectivity index (χ1v) is 12.6. The number of hydrogen-bond donors (Lipinski definition) is 1. The summed E-state index contributed by atoms with van der Waals surface area (Å²) in [7, 11) is 0. The molecule has 2 aromatic heterocycles. The number of aryl methyl sites for hydroxylation is 3. The van der Waals surface area contributed by atoms with E-state index in [1.54, 1.807) is 22.0 Å². The van der Waals surface area contributed by atoms with Crippen molar-refractivity contribution in [1.29, 1.82) is 0 Å². The summed E-state index contributed by atoms with van der Waals surface area (Å²) in [6.07, 6.45) is 7.83. The smallest absolute Gasteiger partial charge is 0.263 e. The molecule has 1 amide bonds. The third-order valence-corrected chi connectivity index (χ3v) is 7.65. The Morgan fingerprint density at radius 3 is 2.87 bits per heavy atom. The predicted octanol–water partition coefficient (Wildman–Crippen LogP) is 4.36. The molecule has 0 aliphatic heterocycles. The fraction of sp³-hybridized carbons (Fsp3) is 0.375. The molecule has 1 aliphatic rings. The summed E-state index contributed by atoms with van der Waals surface area (Å²) in [5.41, 5.74) is 2.46. The standard InChI is InChI=1S/C24H27N3O2S2/c1-2-15-27-23(29)21-18-12-6-7-13-19(18)31-22(21)26-24(27)30-16-20(28)25-14-8-11-17-9-4-3-5-10-17/h2-5,9-10H,1,6-8,11-16H2,(H,25,28). The van der Waals surface area contributed by atoms with E-state index in [2.05, 4.69) is 24.0 Å². The minimum Gasteiger partial charge on any atom is -0.355 e. The lowest BCUT2D eigenvalue weighted by molar-refractivity contribution is -0.118. The summed E-state index contributed by atoms with van der Waals surface area (Å²) in [4.78, 5) is 32.5. The van der Waals surface area contributed by atoms with Gasteiger partial charge in [0.25, 0.3) is 5.56 Å². The van der Waals surface area contributed by atoms with Gasteiger partial charge in [-0.2, -0.15) is 0 Å². The first kappa shape index (κ1) is 21.8. The van der Waals surface area contributed by atoms with E-state index in [-0.39, 0.29) is 17.2 Å². The van der Waals surface area contributed by atoms with Crippen LogP contribution in [0.3, 0.4) is 0 Å². The number of thiophene rings is 1. The van der Waals surface area contributed by atoms with Crippen LogP contribution in [0.15, 0.2) is 52.9 Å². The second-order valence-electron chi connectivity index (χ2n) is 7.72. The van der Waals surface area contributed by atoms with Gasteiger partial charge >= 0.3 is 0 Å². The van der Waals surface area contributed by atoms with Crippen molar-refractivity contribution in [2.75, 3.05) is 12.3 Å². The lowest BCUT2D eigenvalue weighted by Gasteiger charge is -2.12. The largest absolute Gasteiger partial charge is 0.355 e. The molecule has 0 spiro atoms. The monoisotopic (exact) mass is 453 g/mol. The van der Waals surface area contributed by atoms with Gasteiger partial charge in [-0.25, -0.2) is 4.98 Å². The summed E-state index contributed by atoms with van der Waals surface area (Å²) in [6, 6.07) is 10.3. The van der Waals surface area contributed by atoms with Crippen LogP contribution >= 0.6 is 23.1 Å². The van der Waals surface area contributed by atoms with Crippen LogP contribution in [0.25, 0.3) is 10.2 Å². The SMILES string of the molecule is C=CCn1c(SCC(=O)NCCCc2ccccc2)nc2sc3c(c2c1=O)CCCC3. The number of nitrogens with zero attached hydrogens (tertiary/aromatic N) is 2. The number of carbonyl (C=O) groups is 1. The van der Waals surface area contributed by atoms with Crippen LogP contribution in [0.4, 0.5) is 0 Å². The Morgan fingerprint density at radius 2 is 2.06 bits per heavy atom. The van der Waals surface area contributed by atoms with Crippen LogP contribution in [-0.2, 0) is 30.6 Å². The van der Waals surface area contributed by atoms with Crippen LogP contribution in [0, 0.1) is 0 Å². The third-order valence-electron chi connectivity index (χ3n) is 5.49. The fourth-order valence-electron chi connectivity index (χ4n) is 3.97. The number of allylic oxidation sites excluding steroid dienone is 1. The molecule has 3 aromatic rings. The second-order valence-corrected chi connectivity index (χ2v) is 9.74. The molecule has 0 radical (unpaired) electrons. The zero-order valence-corrected chi connectivity index (χ0v) is 19.2. The molecule has 1 N–H and O–H groups in total. The number of carbonyl (C=O) groups excluding carboxylic acids is 1. The zero-order chi connectivity index (χ0) is 21.6. The number of thioether (sulfide) groups is 1. The van der Waals surface area contributed by atoms with Crippen LogP contribution in [0.1, 0.15) is 35.3 Å². The van der Waals surface area contributed by atoms with Crippen molar-refractivity contribution < 1.29 is 4.79 Å². The Labute approximate surface area is 190 Å². The molecular weight excluding hydrogens is 426 g/mol. The Morgan fingerprint density at radius 1 is 1.26 bits per heavy atom. The normalized spacial score (nSPS) is 13.2. The first-order valence-electron chi connectivity index (χ1n) is 10.8. The van der Waals surface area contributed by atoms with Crippen molar-refractivity contribution in [2.45, 2.75) is 50.2 Å². The van der Waals surface area contributed by atoms with E-state index in [1.807, 2.05) is 18.2 Å². The van der Waals surface area contributed by atoms with Crippen molar-refractivity contribution in [1.82, 2.24) is 14.9 Å². The Balaban J connectivity index is 1.41. The van der Waals surface area contributed by atoms with Crippen molar-refractivity contribution in [3.63, 3.8) is 0 Å². The van der Waals surface area contributed by atoms with Crippen molar-refractivity contribution >= 4 is 39.2 Å². The predicted molar refractivity (Wildman–Crippen MR) is 129 cm³/mol.